The number of rotatable bonds is 4. The predicted molar refractivity (Wildman–Crippen MR) is 73.7 cm³/mol. The van der Waals surface area contributed by atoms with Crippen LogP contribution in [0, 0.1) is 0 Å². The number of nitrogens with zero attached hydrogens (tertiary/aromatic N) is 2. The summed E-state index contributed by atoms with van der Waals surface area (Å²) in [6.45, 7) is 0. The average molecular weight is 294 g/mol. The molecule has 0 N–H and O–H groups in total. The molecule has 0 unspecified atom stereocenters. The first-order valence-corrected chi connectivity index (χ1v) is 7.60. The van der Waals surface area contributed by atoms with Gasteiger partial charge in [0.15, 0.2) is 9.84 Å². The van der Waals surface area contributed by atoms with Gasteiger partial charge >= 0.3 is 6.01 Å². The van der Waals surface area contributed by atoms with Crippen molar-refractivity contribution >= 4 is 9.84 Å². The summed E-state index contributed by atoms with van der Waals surface area (Å²) in [5.74, 6) is 0.365. The SMILES string of the molecule is COc1ncc(-c2ccc(S(C)(=O)=O)cc2)c(OC)n1. The van der Waals surface area contributed by atoms with E-state index in [1.165, 1.54) is 32.6 Å². The van der Waals surface area contributed by atoms with Crippen molar-refractivity contribution in [1.82, 2.24) is 9.97 Å². The van der Waals surface area contributed by atoms with E-state index in [1.54, 1.807) is 18.3 Å². The highest BCUT2D eigenvalue weighted by Gasteiger charge is 2.12. The zero-order valence-corrected chi connectivity index (χ0v) is 12.1. The first-order valence-electron chi connectivity index (χ1n) is 5.71. The molecule has 0 atom stereocenters. The molecule has 0 saturated carbocycles. The molecule has 0 spiro atoms. The zero-order valence-electron chi connectivity index (χ0n) is 11.3. The maximum Gasteiger partial charge on any atom is 0.319 e. The van der Waals surface area contributed by atoms with E-state index in [0.717, 1.165) is 5.56 Å². The molecule has 6 nitrogen and oxygen atoms in total. The van der Waals surface area contributed by atoms with E-state index in [4.69, 9.17) is 9.47 Å². The van der Waals surface area contributed by atoms with Gasteiger partial charge in [-0.15, -0.1) is 0 Å². The van der Waals surface area contributed by atoms with E-state index in [0.29, 0.717) is 11.4 Å². The molecule has 0 aliphatic rings. The summed E-state index contributed by atoms with van der Waals surface area (Å²) >= 11 is 0. The van der Waals surface area contributed by atoms with Crippen molar-refractivity contribution in [1.29, 1.82) is 0 Å². The average Bonchev–Trinajstić information content (AvgIpc) is 2.45. The van der Waals surface area contributed by atoms with Gasteiger partial charge in [0, 0.05) is 12.5 Å². The van der Waals surface area contributed by atoms with E-state index >= 15 is 0 Å². The highest BCUT2D eigenvalue weighted by molar-refractivity contribution is 7.90. The fourth-order valence-corrected chi connectivity index (χ4v) is 2.32. The van der Waals surface area contributed by atoms with Gasteiger partial charge in [0.05, 0.1) is 24.7 Å². The van der Waals surface area contributed by atoms with Crippen molar-refractivity contribution in [3.05, 3.63) is 30.5 Å². The van der Waals surface area contributed by atoms with E-state index in [9.17, 15) is 8.42 Å². The molecule has 106 valence electrons. The van der Waals surface area contributed by atoms with Crippen molar-refractivity contribution < 1.29 is 17.9 Å². The molecule has 1 aromatic heterocycles. The third-order valence-corrected chi connectivity index (χ3v) is 3.83. The molecule has 0 aliphatic carbocycles. The fourth-order valence-electron chi connectivity index (χ4n) is 1.68. The van der Waals surface area contributed by atoms with Gasteiger partial charge in [-0.2, -0.15) is 4.98 Å². The molecule has 0 radical (unpaired) electrons. The van der Waals surface area contributed by atoms with Crippen molar-refractivity contribution in [3.8, 4) is 23.0 Å². The Hall–Kier alpha value is -2.15. The Morgan fingerprint density at radius 3 is 2.20 bits per heavy atom. The summed E-state index contributed by atoms with van der Waals surface area (Å²) < 4.78 is 33.0. The van der Waals surface area contributed by atoms with E-state index in [2.05, 4.69) is 9.97 Å². The lowest BCUT2D eigenvalue weighted by Crippen LogP contribution is -1.99. The van der Waals surface area contributed by atoms with Crippen LogP contribution in [0.25, 0.3) is 11.1 Å². The molecular weight excluding hydrogens is 280 g/mol. The van der Waals surface area contributed by atoms with Gasteiger partial charge in [-0.3, -0.25) is 0 Å². The van der Waals surface area contributed by atoms with Crippen molar-refractivity contribution in [3.63, 3.8) is 0 Å². The van der Waals surface area contributed by atoms with Crippen molar-refractivity contribution in [2.45, 2.75) is 4.90 Å². The fraction of sp³-hybridized carbons (Fsp3) is 0.231. The van der Waals surface area contributed by atoms with Crippen LogP contribution >= 0.6 is 0 Å². The lowest BCUT2D eigenvalue weighted by Gasteiger charge is -2.08. The number of hydrogen-bond donors (Lipinski definition) is 0. The van der Waals surface area contributed by atoms with Gasteiger partial charge < -0.3 is 9.47 Å². The predicted octanol–water partition coefficient (Wildman–Crippen LogP) is 1.56. The second-order valence-electron chi connectivity index (χ2n) is 4.08. The van der Waals surface area contributed by atoms with Gasteiger partial charge in [0.25, 0.3) is 0 Å². The maximum atomic E-state index is 11.4. The molecule has 0 amide bonds. The lowest BCUT2D eigenvalue weighted by molar-refractivity contribution is 0.353. The molecule has 0 saturated heterocycles. The lowest BCUT2D eigenvalue weighted by atomic mass is 10.1. The second kappa shape index (κ2) is 5.46. The quantitative estimate of drug-likeness (QED) is 0.851. The van der Waals surface area contributed by atoms with Crippen LogP contribution < -0.4 is 9.47 Å². The van der Waals surface area contributed by atoms with Crippen LogP contribution in [0.4, 0.5) is 0 Å². The Morgan fingerprint density at radius 2 is 1.70 bits per heavy atom. The molecule has 2 rings (SSSR count). The molecular formula is C13H14N2O4S. The highest BCUT2D eigenvalue weighted by Crippen LogP contribution is 2.29. The summed E-state index contributed by atoms with van der Waals surface area (Å²) in [6, 6.07) is 6.65. The number of benzene rings is 1. The summed E-state index contributed by atoms with van der Waals surface area (Å²) in [4.78, 5) is 8.36. The zero-order chi connectivity index (χ0) is 14.8. The van der Waals surface area contributed by atoms with Crippen LogP contribution in [0.15, 0.2) is 35.4 Å². The number of sulfone groups is 1. The molecule has 2 aromatic rings. The van der Waals surface area contributed by atoms with Gasteiger partial charge in [0.1, 0.15) is 0 Å². The van der Waals surface area contributed by atoms with Crippen molar-refractivity contribution in [2.75, 3.05) is 20.5 Å². The van der Waals surface area contributed by atoms with E-state index in [-0.39, 0.29) is 10.9 Å². The minimum atomic E-state index is -3.21. The highest BCUT2D eigenvalue weighted by atomic mass is 32.2. The van der Waals surface area contributed by atoms with Crippen LogP contribution in [-0.2, 0) is 9.84 Å². The molecule has 7 heteroatoms. The van der Waals surface area contributed by atoms with Gasteiger partial charge in [-0.25, -0.2) is 13.4 Å². The number of hydrogen-bond acceptors (Lipinski definition) is 6. The number of ether oxygens (including phenoxy) is 2. The molecule has 20 heavy (non-hydrogen) atoms. The normalized spacial score (nSPS) is 11.2. The molecule has 1 heterocycles. The first kappa shape index (κ1) is 14.3. The van der Waals surface area contributed by atoms with Gasteiger partial charge in [-0.05, 0) is 17.7 Å². The monoisotopic (exact) mass is 294 g/mol. The summed E-state index contributed by atoms with van der Waals surface area (Å²) in [6.07, 6.45) is 2.74. The Bertz CT molecular complexity index is 712. The largest absolute Gasteiger partial charge is 0.480 e. The van der Waals surface area contributed by atoms with E-state index in [1.807, 2.05) is 0 Å². The third kappa shape index (κ3) is 2.88. The van der Waals surface area contributed by atoms with Crippen molar-refractivity contribution in [2.24, 2.45) is 0 Å². The van der Waals surface area contributed by atoms with Crippen LogP contribution in [0.3, 0.4) is 0 Å². The second-order valence-corrected chi connectivity index (χ2v) is 6.09. The maximum absolute atomic E-state index is 11.4. The summed E-state index contributed by atoms with van der Waals surface area (Å²) in [7, 11) is -0.247. The summed E-state index contributed by atoms with van der Waals surface area (Å²) in [5, 5.41) is 0. The Kier molecular flexibility index (Phi) is 3.89. The number of aromatic nitrogens is 2. The standard InChI is InChI=1S/C13H14N2O4S/c1-18-12-11(8-14-13(15-12)19-2)9-4-6-10(7-5-9)20(3,16)17/h4-8H,1-3H3. The number of methoxy groups -OCH3 is 2. The first-order chi connectivity index (χ1) is 9.45. The molecule has 0 bridgehead atoms. The Morgan fingerprint density at radius 1 is 1.05 bits per heavy atom. The minimum absolute atomic E-state index is 0.207. The third-order valence-electron chi connectivity index (χ3n) is 2.70. The molecule has 0 aliphatic heterocycles. The van der Waals surface area contributed by atoms with Gasteiger partial charge in [0.2, 0.25) is 5.88 Å². The van der Waals surface area contributed by atoms with Crippen LogP contribution in [0.1, 0.15) is 0 Å². The van der Waals surface area contributed by atoms with Crippen LogP contribution in [0.5, 0.6) is 11.9 Å². The Labute approximate surface area is 117 Å². The molecule has 1 aromatic carbocycles. The van der Waals surface area contributed by atoms with E-state index < -0.39 is 9.84 Å². The van der Waals surface area contributed by atoms with Crippen LogP contribution in [0.2, 0.25) is 0 Å². The Balaban J connectivity index is 2.46. The minimum Gasteiger partial charge on any atom is -0.480 e. The van der Waals surface area contributed by atoms with Gasteiger partial charge in [-0.1, -0.05) is 12.1 Å². The topological polar surface area (TPSA) is 78.4 Å². The summed E-state index contributed by atoms with van der Waals surface area (Å²) in [5.41, 5.74) is 1.42. The molecule has 0 fully saturated rings. The smallest absolute Gasteiger partial charge is 0.319 e. The van der Waals surface area contributed by atoms with Crippen LogP contribution in [-0.4, -0.2) is 38.9 Å².